The van der Waals surface area contributed by atoms with Crippen molar-refractivity contribution in [3.8, 4) is 0 Å². The Bertz CT molecular complexity index is 74.9. The summed E-state index contributed by atoms with van der Waals surface area (Å²) in [6.07, 6.45) is 5.93. The first-order valence-corrected chi connectivity index (χ1v) is 3.70. The van der Waals surface area contributed by atoms with Crippen LogP contribution in [0.25, 0.3) is 0 Å². The summed E-state index contributed by atoms with van der Waals surface area (Å²) in [4.78, 5) is 0. The van der Waals surface area contributed by atoms with Crippen LogP contribution in [0.4, 0.5) is 0 Å². The van der Waals surface area contributed by atoms with Gasteiger partial charge in [-0.1, -0.05) is 6.42 Å². The summed E-state index contributed by atoms with van der Waals surface area (Å²) < 4.78 is 0. The molecule has 0 spiro atoms. The molecule has 1 heterocycles. The average Bonchev–Trinajstić information content (AvgIpc) is 1.47. The van der Waals surface area contributed by atoms with Crippen LogP contribution in [0.15, 0.2) is 0 Å². The normalized spacial score (nSPS) is 34.0. The molecule has 0 aromatic rings. The maximum atomic E-state index is 3.45. The van der Waals surface area contributed by atoms with Gasteiger partial charge in [0.1, 0.15) is 0 Å². The highest BCUT2D eigenvalue weighted by molar-refractivity contribution is 5.85. The van der Waals surface area contributed by atoms with E-state index in [9.17, 15) is 0 Å². The lowest BCUT2D eigenvalue weighted by atomic mass is 9.76. The lowest BCUT2D eigenvalue weighted by Gasteiger charge is -2.40. The lowest BCUT2D eigenvalue weighted by molar-refractivity contribution is 0.174. The molecule has 0 aromatic carbocycles. The Morgan fingerprint density at radius 2 is 1.78 bits per heavy atom. The van der Waals surface area contributed by atoms with E-state index in [0.29, 0.717) is 0 Å². The summed E-state index contributed by atoms with van der Waals surface area (Å²) in [5, 5.41) is 3.45. The van der Waals surface area contributed by atoms with Crippen LogP contribution in [0.5, 0.6) is 0 Å². The standard InChI is InChI=1S/C7H13N.ClH/c1-2-6(3-1)7-4-5-8-7;/h6-8H,1-5H2;1H. The van der Waals surface area contributed by atoms with E-state index >= 15 is 0 Å². The van der Waals surface area contributed by atoms with E-state index in [1.807, 2.05) is 0 Å². The number of nitrogens with one attached hydrogen (secondary N) is 1. The van der Waals surface area contributed by atoms with E-state index < -0.39 is 0 Å². The van der Waals surface area contributed by atoms with Gasteiger partial charge < -0.3 is 5.32 Å². The van der Waals surface area contributed by atoms with E-state index in [2.05, 4.69) is 5.32 Å². The van der Waals surface area contributed by atoms with Gasteiger partial charge in [0.05, 0.1) is 0 Å². The van der Waals surface area contributed by atoms with Crippen LogP contribution < -0.4 is 5.32 Å². The smallest absolute Gasteiger partial charge is 0.0107 e. The highest BCUT2D eigenvalue weighted by Gasteiger charge is 2.30. The first-order valence-electron chi connectivity index (χ1n) is 3.70. The molecular formula is C7H14ClN. The minimum Gasteiger partial charge on any atom is -0.314 e. The molecule has 2 heteroatoms. The lowest BCUT2D eigenvalue weighted by Crippen LogP contribution is -2.49. The van der Waals surface area contributed by atoms with Gasteiger partial charge in [0.2, 0.25) is 0 Å². The van der Waals surface area contributed by atoms with E-state index in [-0.39, 0.29) is 12.4 Å². The molecule has 0 bridgehead atoms. The molecule has 1 saturated carbocycles. The Balaban J connectivity index is 0.000000405. The van der Waals surface area contributed by atoms with Crippen molar-refractivity contribution in [1.82, 2.24) is 5.32 Å². The van der Waals surface area contributed by atoms with Crippen LogP contribution in [0.3, 0.4) is 0 Å². The zero-order chi connectivity index (χ0) is 5.40. The number of hydrogen-bond acceptors (Lipinski definition) is 1. The largest absolute Gasteiger partial charge is 0.314 e. The predicted molar refractivity (Wildman–Crippen MR) is 41.0 cm³/mol. The molecule has 1 nitrogen and oxygen atoms in total. The molecule has 1 aliphatic heterocycles. The monoisotopic (exact) mass is 147 g/mol. The SMILES string of the molecule is C1CC(C2CCN2)C1.Cl. The molecule has 0 radical (unpaired) electrons. The zero-order valence-corrected chi connectivity index (χ0v) is 6.41. The van der Waals surface area contributed by atoms with Gasteiger partial charge in [0.25, 0.3) is 0 Å². The topological polar surface area (TPSA) is 12.0 Å². The zero-order valence-electron chi connectivity index (χ0n) is 5.60. The maximum Gasteiger partial charge on any atom is 0.0107 e. The average molecular weight is 148 g/mol. The van der Waals surface area contributed by atoms with Crippen LogP contribution in [0, 0.1) is 5.92 Å². The molecule has 2 fully saturated rings. The van der Waals surface area contributed by atoms with Gasteiger partial charge in [-0.15, -0.1) is 12.4 Å². The van der Waals surface area contributed by atoms with Gasteiger partial charge in [-0.2, -0.15) is 0 Å². The van der Waals surface area contributed by atoms with Gasteiger partial charge in [0, 0.05) is 6.04 Å². The molecule has 0 aromatic heterocycles. The van der Waals surface area contributed by atoms with Gasteiger partial charge in [-0.3, -0.25) is 0 Å². The first-order chi connectivity index (χ1) is 3.97. The predicted octanol–water partition coefficient (Wildman–Crippen LogP) is 1.57. The van der Waals surface area contributed by atoms with E-state index in [0.717, 1.165) is 12.0 Å². The molecule has 1 atom stereocenters. The third kappa shape index (κ3) is 1.22. The molecular weight excluding hydrogens is 134 g/mol. The molecule has 9 heavy (non-hydrogen) atoms. The number of hydrogen-bond donors (Lipinski definition) is 1. The summed E-state index contributed by atoms with van der Waals surface area (Å²) in [6, 6.07) is 0.934. The van der Waals surface area contributed by atoms with Crippen molar-refractivity contribution >= 4 is 12.4 Å². The Hall–Kier alpha value is 0.250. The summed E-state index contributed by atoms with van der Waals surface area (Å²) in [5.74, 6) is 1.07. The first kappa shape index (κ1) is 7.36. The summed E-state index contributed by atoms with van der Waals surface area (Å²) >= 11 is 0. The van der Waals surface area contributed by atoms with Crippen LogP contribution in [-0.2, 0) is 0 Å². The molecule has 1 N–H and O–H groups in total. The van der Waals surface area contributed by atoms with Crippen molar-refractivity contribution in [2.24, 2.45) is 5.92 Å². The van der Waals surface area contributed by atoms with E-state index in [1.54, 1.807) is 0 Å². The van der Waals surface area contributed by atoms with E-state index in [1.165, 1.54) is 32.2 Å². The fourth-order valence-electron chi connectivity index (χ4n) is 1.56. The summed E-state index contributed by atoms with van der Waals surface area (Å²) in [7, 11) is 0. The molecule has 2 rings (SSSR count). The van der Waals surface area contributed by atoms with Gasteiger partial charge in [-0.25, -0.2) is 0 Å². The van der Waals surface area contributed by atoms with Crippen LogP contribution in [0.2, 0.25) is 0 Å². The highest BCUT2D eigenvalue weighted by Crippen LogP contribution is 2.32. The van der Waals surface area contributed by atoms with Crippen molar-refractivity contribution in [2.45, 2.75) is 31.7 Å². The Morgan fingerprint density at radius 3 is 1.89 bits per heavy atom. The molecule has 54 valence electrons. The van der Waals surface area contributed by atoms with Crippen LogP contribution in [-0.4, -0.2) is 12.6 Å². The Kier molecular flexibility index (Phi) is 2.36. The molecule has 2 aliphatic rings. The van der Waals surface area contributed by atoms with Gasteiger partial charge >= 0.3 is 0 Å². The second-order valence-electron chi connectivity index (χ2n) is 3.04. The molecule has 1 aliphatic carbocycles. The van der Waals surface area contributed by atoms with E-state index in [4.69, 9.17) is 0 Å². The Labute approximate surface area is 62.6 Å². The van der Waals surface area contributed by atoms with Crippen molar-refractivity contribution in [3.05, 3.63) is 0 Å². The Morgan fingerprint density at radius 1 is 1.11 bits per heavy atom. The maximum absolute atomic E-state index is 3.45. The fourth-order valence-corrected chi connectivity index (χ4v) is 1.56. The molecule has 0 amide bonds. The van der Waals surface area contributed by atoms with Crippen molar-refractivity contribution in [2.75, 3.05) is 6.54 Å². The second kappa shape index (κ2) is 2.89. The summed E-state index contributed by atoms with van der Waals surface area (Å²) in [6.45, 7) is 1.28. The minimum atomic E-state index is 0. The molecule has 1 unspecified atom stereocenters. The van der Waals surface area contributed by atoms with Crippen molar-refractivity contribution < 1.29 is 0 Å². The number of halogens is 1. The van der Waals surface area contributed by atoms with Crippen LogP contribution in [0.1, 0.15) is 25.7 Å². The fraction of sp³-hybridized carbons (Fsp3) is 1.00. The third-order valence-electron chi connectivity index (χ3n) is 2.58. The highest BCUT2D eigenvalue weighted by atomic mass is 35.5. The summed E-state index contributed by atoms with van der Waals surface area (Å²) in [5.41, 5.74) is 0. The third-order valence-corrected chi connectivity index (χ3v) is 2.58. The van der Waals surface area contributed by atoms with Crippen molar-refractivity contribution in [1.29, 1.82) is 0 Å². The number of rotatable bonds is 1. The van der Waals surface area contributed by atoms with Crippen molar-refractivity contribution in [3.63, 3.8) is 0 Å². The quantitative estimate of drug-likeness (QED) is 0.594. The molecule has 1 saturated heterocycles. The van der Waals surface area contributed by atoms with Crippen LogP contribution >= 0.6 is 12.4 Å². The second-order valence-corrected chi connectivity index (χ2v) is 3.04. The minimum absolute atomic E-state index is 0. The van der Waals surface area contributed by atoms with Gasteiger partial charge in [-0.05, 0) is 31.7 Å². The van der Waals surface area contributed by atoms with Gasteiger partial charge in [0.15, 0.2) is 0 Å².